The van der Waals surface area contributed by atoms with Gasteiger partial charge in [-0.3, -0.25) is 4.79 Å². The molecule has 1 aromatic carbocycles. The van der Waals surface area contributed by atoms with Crippen molar-refractivity contribution < 1.29 is 14.1 Å². The molecule has 1 aliphatic heterocycles. The lowest BCUT2D eigenvalue weighted by Gasteiger charge is -2.20. The molecule has 0 aliphatic carbocycles. The van der Waals surface area contributed by atoms with Crippen LogP contribution in [0.4, 0.5) is 0 Å². The number of ether oxygens (including phenoxy) is 1. The van der Waals surface area contributed by atoms with Gasteiger partial charge in [0.25, 0.3) is 5.91 Å². The zero-order chi connectivity index (χ0) is 16.8. The van der Waals surface area contributed by atoms with Crippen LogP contribution >= 0.6 is 0 Å². The zero-order valence-electron chi connectivity index (χ0n) is 13.8. The van der Waals surface area contributed by atoms with Crippen molar-refractivity contribution in [2.75, 3.05) is 26.2 Å². The van der Waals surface area contributed by atoms with Gasteiger partial charge >= 0.3 is 0 Å². The molecule has 128 valence electrons. The number of nitrogens with one attached hydrogen (secondary N) is 1. The average Bonchev–Trinajstić information content (AvgIpc) is 2.92. The number of nitrogens with zero attached hydrogens (tertiary/aromatic N) is 3. The molecule has 0 unspecified atom stereocenters. The summed E-state index contributed by atoms with van der Waals surface area (Å²) in [5.41, 5.74) is 0.678. The molecule has 0 radical (unpaired) electrons. The first-order valence-corrected chi connectivity index (χ1v) is 8.30. The van der Waals surface area contributed by atoms with Gasteiger partial charge in [0.1, 0.15) is 5.75 Å². The maximum atomic E-state index is 12.5. The van der Waals surface area contributed by atoms with Crippen molar-refractivity contribution >= 4 is 5.91 Å². The van der Waals surface area contributed by atoms with Crippen molar-refractivity contribution in [3.05, 3.63) is 41.5 Å². The molecule has 0 saturated carbocycles. The Hall–Kier alpha value is -2.41. The van der Waals surface area contributed by atoms with Crippen molar-refractivity contribution in [3.8, 4) is 5.75 Å². The van der Waals surface area contributed by atoms with Crippen LogP contribution < -0.4 is 10.1 Å². The van der Waals surface area contributed by atoms with Crippen molar-refractivity contribution in [1.29, 1.82) is 0 Å². The van der Waals surface area contributed by atoms with Gasteiger partial charge in [-0.05, 0) is 37.2 Å². The number of carbonyl (C=O) groups excluding carboxylic acids is 1. The van der Waals surface area contributed by atoms with Crippen molar-refractivity contribution in [3.63, 3.8) is 0 Å². The molecule has 0 bridgehead atoms. The van der Waals surface area contributed by atoms with Crippen LogP contribution in [0.25, 0.3) is 0 Å². The van der Waals surface area contributed by atoms with Crippen LogP contribution in [-0.4, -0.2) is 47.1 Å². The molecule has 1 saturated heterocycles. The highest BCUT2D eigenvalue weighted by Gasteiger charge is 2.17. The van der Waals surface area contributed by atoms with Crippen LogP contribution in [0.2, 0.25) is 0 Å². The lowest BCUT2D eigenvalue weighted by atomic mass is 10.2. The van der Waals surface area contributed by atoms with Gasteiger partial charge in [0, 0.05) is 31.6 Å². The monoisotopic (exact) mass is 330 g/mol. The van der Waals surface area contributed by atoms with Gasteiger partial charge in [-0.2, -0.15) is 4.98 Å². The molecule has 3 rings (SSSR count). The van der Waals surface area contributed by atoms with Gasteiger partial charge in [-0.1, -0.05) is 12.1 Å². The second kappa shape index (κ2) is 7.92. The molecule has 24 heavy (non-hydrogen) atoms. The SMILES string of the molecule is CCc1nc(COc2ccc(C(=O)N3CCCNCC3)cc2)no1. The zero-order valence-corrected chi connectivity index (χ0v) is 13.8. The van der Waals surface area contributed by atoms with E-state index in [1.165, 1.54) is 0 Å². The molecule has 1 amide bonds. The van der Waals surface area contributed by atoms with Gasteiger partial charge in [-0.25, -0.2) is 0 Å². The summed E-state index contributed by atoms with van der Waals surface area (Å²) < 4.78 is 10.7. The predicted molar refractivity (Wildman–Crippen MR) is 87.8 cm³/mol. The van der Waals surface area contributed by atoms with E-state index in [9.17, 15) is 4.79 Å². The minimum absolute atomic E-state index is 0.0657. The Labute approximate surface area is 141 Å². The molecule has 1 aromatic heterocycles. The van der Waals surface area contributed by atoms with Crippen molar-refractivity contribution in [2.45, 2.75) is 26.4 Å². The smallest absolute Gasteiger partial charge is 0.253 e. The number of aryl methyl sites for hydroxylation is 1. The van der Waals surface area contributed by atoms with Gasteiger partial charge < -0.3 is 19.5 Å². The Kier molecular flexibility index (Phi) is 5.43. The van der Waals surface area contributed by atoms with Crippen LogP contribution in [-0.2, 0) is 13.0 Å². The summed E-state index contributed by atoms with van der Waals surface area (Å²) in [5, 5.41) is 7.14. The highest BCUT2D eigenvalue weighted by Crippen LogP contribution is 2.15. The Morgan fingerprint density at radius 3 is 2.88 bits per heavy atom. The standard InChI is InChI=1S/C17H22N4O3/c1-2-16-19-15(20-24-16)12-23-14-6-4-13(5-7-14)17(22)21-10-3-8-18-9-11-21/h4-7,18H,2-3,8-12H2,1H3. The van der Waals surface area contributed by atoms with Gasteiger partial charge in [-0.15, -0.1) is 0 Å². The number of hydrogen-bond donors (Lipinski definition) is 1. The first kappa shape index (κ1) is 16.4. The van der Waals surface area contributed by atoms with Crippen LogP contribution in [0, 0.1) is 0 Å². The molecule has 7 heteroatoms. The Morgan fingerprint density at radius 2 is 2.12 bits per heavy atom. The largest absolute Gasteiger partial charge is 0.485 e. The summed E-state index contributed by atoms with van der Waals surface area (Å²) >= 11 is 0. The van der Waals surface area contributed by atoms with E-state index in [0.717, 1.165) is 32.6 Å². The topological polar surface area (TPSA) is 80.5 Å². The lowest BCUT2D eigenvalue weighted by molar-refractivity contribution is 0.0766. The number of hydrogen-bond acceptors (Lipinski definition) is 6. The maximum Gasteiger partial charge on any atom is 0.253 e. The van der Waals surface area contributed by atoms with Gasteiger partial charge in [0.05, 0.1) is 0 Å². The molecule has 1 fully saturated rings. The van der Waals surface area contributed by atoms with E-state index in [2.05, 4.69) is 15.5 Å². The summed E-state index contributed by atoms with van der Waals surface area (Å²) in [4.78, 5) is 18.6. The van der Waals surface area contributed by atoms with Gasteiger partial charge in [0.2, 0.25) is 11.7 Å². The molecule has 0 spiro atoms. The van der Waals surface area contributed by atoms with E-state index in [1.54, 1.807) is 24.3 Å². The first-order valence-electron chi connectivity index (χ1n) is 8.30. The second-order valence-electron chi connectivity index (χ2n) is 5.67. The molecule has 0 atom stereocenters. The minimum Gasteiger partial charge on any atom is -0.485 e. The normalized spacial score (nSPS) is 15.1. The predicted octanol–water partition coefficient (Wildman–Crippen LogP) is 1.65. The molecule has 1 N–H and O–H groups in total. The Bertz CT molecular complexity index is 661. The van der Waals surface area contributed by atoms with Gasteiger partial charge in [0.15, 0.2) is 6.61 Å². The maximum absolute atomic E-state index is 12.5. The fourth-order valence-electron chi connectivity index (χ4n) is 2.57. The highest BCUT2D eigenvalue weighted by molar-refractivity contribution is 5.94. The Balaban J connectivity index is 1.57. The van der Waals surface area contributed by atoms with E-state index in [4.69, 9.17) is 9.26 Å². The van der Waals surface area contributed by atoms with Crippen LogP contribution in [0.3, 0.4) is 0 Å². The molecule has 1 aliphatic rings. The lowest BCUT2D eigenvalue weighted by Crippen LogP contribution is -2.34. The first-order chi connectivity index (χ1) is 11.8. The number of amides is 1. The third-order valence-corrected chi connectivity index (χ3v) is 3.91. The highest BCUT2D eigenvalue weighted by atomic mass is 16.5. The van der Waals surface area contributed by atoms with E-state index in [-0.39, 0.29) is 12.5 Å². The summed E-state index contributed by atoms with van der Waals surface area (Å²) in [5.74, 6) is 1.86. The van der Waals surface area contributed by atoms with E-state index >= 15 is 0 Å². The molecule has 7 nitrogen and oxygen atoms in total. The summed E-state index contributed by atoms with van der Waals surface area (Å²) in [7, 11) is 0. The van der Waals surface area contributed by atoms with E-state index < -0.39 is 0 Å². The molecule has 2 heterocycles. The van der Waals surface area contributed by atoms with Crippen LogP contribution in [0.15, 0.2) is 28.8 Å². The number of aromatic nitrogens is 2. The summed E-state index contributed by atoms with van der Waals surface area (Å²) in [6.07, 6.45) is 1.69. The molecule has 2 aromatic rings. The summed E-state index contributed by atoms with van der Waals surface area (Å²) in [6, 6.07) is 7.18. The van der Waals surface area contributed by atoms with E-state index in [1.807, 2.05) is 11.8 Å². The third kappa shape index (κ3) is 4.11. The Morgan fingerprint density at radius 1 is 1.29 bits per heavy atom. The van der Waals surface area contributed by atoms with Crippen LogP contribution in [0.1, 0.15) is 35.4 Å². The van der Waals surface area contributed by atoms with E-state index in [0.29, 0.717) is 29.4 Å². The minimum atomic E-state index is 0.0657. The second-order valence-corrected chi connectivity index (χ2v) is 5.67. The number of benzene rings is 1. The fraction of sp³-hybridized carbons (Fsp3) is 0.471. The third-order valence-electron chi connectivity index (χ3n) is 3.91. The molecular weight excluding hydrogens is 308 g/mol. The number of carbonyl (C=O) groups is 1. The fourth-order valence-corrected chi connectivity index (χ4v) is 2.57. The number of rotatable bonds is 5. The summed E-state index contributed by atoms with van der Waals surface area (Å²) in [6.45, 7) is 5.54. The van der Waals surface area contributed by atoms with Crippen LogP contribution in [0.5, 0.6) is 5.75 Å². The van der Waals surface area contributed by atoms with Crippen molar-refractivity contribution in [2.24, 2.45) is 0 Å². The van der Waals surface area contributed by atoms with Crippen molar-refractivity contribution in [1.82, 2.24) is 20.4 Å². The average molecular weight is 330 g/mol. The quantitative estimate of drug-likeness (QED) is 0.898. The molecular formula is C17H22N4O3.